The molecule has 0 aromatic carbocycles. The van der Waals surface area contributed by atoms with Crippen LogP contribution in [0.4, 0.5) is 0 Å². The third-order valence-corrected chi connectivity index (χ3v) is 0.167. The molecule has 0 bridgehead atoms. The number of carboxylic acids is 2. The first kappa shape index (κ1) is 15.8. The summed E-state index contributed by atoms with van der Waals surface area (Å²) in [5, 5.41) is 17.9. The van der Waals surface area contributed by atoms with E-state index in [-0.39, 0.29) is 42.1 Å². The Hall–Kier alpha value is 0.317. The smallest absolute Gasteiger partial charge is 0.0870 e. The molecule has 4 nitrogen and oxygen atoms in total. The summed E-state index contributed by atoms with van der Waals surface area (Å²) in [5.41, 5.74) is 0. The SMILES string of the molecule is O=C([O-])C(=O)[O-].[Pt].[Pt]. The Morgan fingerprint density at radius 3 is 1.00 bits per heavy atom. The number of carbonyl (C=O) groups excluding carboxylic acids is 2. The summed E-state index contributed by atoms with van der Waals surface area (Å²) >= 11 is 0. The molecule has 0 rings (SSSR count). The van der Waals surface area contributed by atoms with Gasteiger partial charge in [-0.2, -0.15) is 0 Å². The number of aliphatic carboxylic acids is 2. The standard InChI is InChI=1S/C2H2O4.2Pt/c3-1(4)2(5)6;;/h(H,3,4)(H,5,6);;/p-2. The Morgan fingerprint density at radius 1 is 0.875 bits per heavy atom. The van der Waals surface area contributed by atoms with Crippen molar-refractivity contribution in [3.63, 3.8) is 0 Å². The van der Waals surface area contributed by atoms with Crippen molar-refractivity contribution >= 4 is 11.9 Å². The molecule has 0 atom stereocenters. The largest absolute Gasteiger partial charge is 0.543 e. The van der Waals surface area contributed by atoms with Crippen LogP contribution in [0.15, 0.2) is 0 Å². The molecule has 6 heteroatoms. The number of hydrogen-bond donors (Lipinski definition) is 0. The summed E-state index contributed by atoms with van der Waals surface area (Å²) in [7, 11) is 0. The molecular formula is C2O4Pt2-2. The predicted molar refractivity (Wildman–Crippen MR) is 10.0 cm³/mol. The van der Waals surface area contributed by atoms with Gasteiger partial charge in [-0.25, -0.2) is 0 Å². The van der Waals surface area contributed by atoms with E-state index in [1.54, 1.807) is 0 Å². The van der Waals surface area contributed by atoms with Gasteiger partial charge in [0.05, 0.1) is 11.9 Å². The predicted octanol–water partition coefficient (Wildman–Crippen LogP) is -3.52. The number of rotatable bonds is 0. The molecular weight excluding hydrogens is 478 g/mol. The molecule has 8 heavy (non-hydrogen) atoms. The molecule has 0 aromatic heterocycles. The summed E-state index contributed by atoms with van der Waals surface area (Å²) in [6.45, 7) is 0. The van der Waals surface area contributed by atoms with Crippen molar-refractivity contribution in [3.8, 4) is 0 Å². The summed E-state index contributed by atoms with van der Waals surface area (Å²) in [5.74, 6) is -4.37. The zero-order chi connectivity index (χ0) is 5.15. The Balaban J connectivity index is -0.000000125. The van der Waals surface area contributed by atoms with Crippen LogP contribution in [0.3, 0.4) is 0 Å². The molecule has 0 aliphatic carbocycles. The molecule has 0 spiro atoms. The van der Waals surface area contributed by atoms with Crippen molar-refractivity contribution in [2.24, 2.45) is 0 Å². The van der Waals surface area contributed by atoms with Crippen LogP contribution in [0.5, 0.6) is 0 Å². The summed E-state index contributed by atoms with van der Waals surface area (Å²) in [6, 6.07) is 0. The maximum Gasteiger partial charge on any atom is 0.0870 e. The molecule has 0 saturated heterocycles. The van der Waals surface area contributed by atoms with Gasteiger partial charge in [-0.1, -0.05) is 0 Å². The van der Waals surface area contributed by atoms with Crippen LogP contribution >= 0.6 is 0 Å². The van der Waals surface area contributed by atoms with E-state index in [0.29, 0.717) is 0 Å². The minimum atomic E-state index is -2.19. The van der Waals surface area contributed by atoms with Gasteiger partial charge in [-0.15, -0.1) is 0 Å². The van der Waals surface area contributed by atoms with Crippen LogP contribution in [0.1, 0.15) is 0 Å². The zero-order valence-electron chi connectivity index (χ0n) is 3.27. The first-order chi connectivity index (χ1) is 2.64. The quantitative estimate of drug-likeness (QED) is 0.339. The van der Waals surface area contributed by atoms with E-state index in [2.05, 4.69) is 0 Å². The zero-order valence-corrected chi connectivity index (χ0v) is 7.81. The van der Waals surface area contributed by atoms with Crippen LogP contribution in [0.25, 0.3) is 0 Å². The topological polar surface area (TPSA) is 80.3 Å². The van der Waals surface area contributed by atoms with Gasteiger partial charge < -0.3 is 19.8 Å². The van der Waals surface area contributed by atoms with Crippen molar-refractivity contribution in [1.29, 1.82) is 0 Å². The van der Waals surface area contributed by atoms with Crippen molar-refractivity contribution < 1.29 is 61.9 Å². The Bertz CT molecular complexity index is 78.0. The van der Waals surface area contributed by atoms with E-state index in [0.717, 1.165) is 0 Å². The molecule has 0 aromatic rings. The monoisotopic (exact) mass is 478 g/mol. The molecule has 0 amide bonds. The molecule has 0 N–H and O–H groups in total. The molecule has 0 fully saturated rings. The van der Waals surface area contributed by atoms with Crippen molar-refractivity contribution in [3.05, 3.63) is 0 Å². The maximum atomic E-state index is 8.93. The van der Waals surface area contributed by atoms with E-state index in [1.807, 2.05) is 0 Å². The third kappa shape index (κ3) is 9.58. The molecule has 0 saturated carbocycles. The minimum Gasteiger partial charge on any atom is -0.543 e. The van der Waals surface area contributed by atoms with E-state index in [4.69, 9.17) is 19.8 Å². The molecule has 0 aliphatic rings. The fourth-order valence-corrected chi connectivity index (χ4v) is 0. The third-order valence-electron chi connectivity index (χ3n) is 0.167. The van der Waals surface area contributed by atoms with Gasteiger partial charge in [0.15, 0.2) is 0 Å². The second-order valence-electron chi connectivity index (χ2n) is 0.575. The molecule has 54 valence electrons. The van der Waals surface area contributed by atoms with Gasteiger partial charge in [0.25, 0.3) is 0 Å². The summed E-state index contributed by atoms with van der Waals surface area (Å²) in [6.07, 6.45) is 0. The van der Waals surface area contributed by atoms with Gasteiger partial charge >= 0.3 is 0 Å². The second kappa shape index (κ2) is 7.32. The minimum absolute atomic E-state index is 0. The molecule has 0 radical (unpaired) electrons. The molecule has 0 aliphatic heterocycles. The Labute approximate surface area is 73.8 Å². The van der Waals surface area contributed by atoms with Crippen LogP contribution < -0.4 is 10.2 Å². The molecule has 0 heterocycles. The summed E-state index contributed by atoms with van der Waals surface area (Å²) < 4.78 is 0. The van der Waals surface area contributed by atoms with E-state index in [9.17, 15) is 0 Å². The van der Waals surface area contributed by atoms with Gasteiger partial charge in [0, 0.05) is 42.1 Å². The van der Waals surface area contributed by atoms with Crippen LogP contribution in [0.2, 0.25) is 0 Å². The van der Waals surface area contributed by atoms with Gasteiger partial charge in [-0.05, 0) is 0 Å². The van der Waals surface area contributed by atoms with Crippen LogP contribution in [-0.4, -0.2) is 11.9 Å². The van der Waals surface area contributed by atoms with Crippen LogP contribution in [0, 0.1) is 0 Å². The van der Waals surface area contributed by atoms with E-state index < -0.39 is 11.9 Å². The Kier molecular flexibility index (Phi) is 14.4. The Morgan fingerprint density at radius 2 is 1.00 bits per heavy atom. The first-order valence-corrected chi connectivity index (χ1v) is 1.07. The number of carboxylic acid groups (broad SMARTS) is 2. The number of hydrogen-bond acceptors (Lipinski definition) is 4. The van der Waals surface area contributed by atoms with Crippen molar-refractivity contribution in [1.82, 2.24) is 0 Å². The van der Waals surface area contributed by atoms with E-state index >= 15 is 0 Å². The fourth-order valence-electron chi connectivity index (χ4n) is 0. The maximum absolute atomic E-state index is 8.93. The second-order valence-corrected chi connectivity index (χ2v) is 0.575. The molecule has 0 unspecified atom stereocenters. The normalized spacial score (nSPS) is 5.50. The average Bonchev–Trinajstić information content (AvgIpc) is 1.36. The van der Waals surface area contributed by atoms with Crippen molar-refractivity contribution in [2.75, 3.05) is 0 Å². The average molecular weight is 478 g/mol. The van der Waals surface area contributed by atoms with Gasteiger partial charge in [-0.3, -0.25) is 0 Å². The van der Waals surface area contributed by atoms with Crippen molar-refractivity contribution in [2.45, 2.75) is 0 Å². The van der Waals surface area contributed by atoms with Gasteiger partial charge in [0.1, 0.15) is 0 Å². The van der Waals surface area contributed by atoms with Gasteiger partial charge in [0.2, 0.25) is 0 Å². The summed E-state index contributed by atoms with van der Waals surface area (Å²) in [4.78, 5) is 17.9. The van der Waals surface area contributed by atoms with Crippen LogP contribution in [-0.2, 0) is 51.7 Å². The first-order valence-electron chi connectivity index (χ1n) is 1.07. The number of carbonyl (C=O) groups is 2. The van der Waals surface area contributed by atoms with E-state index in [1.165, 1.54) is 0 Å². The fraction of sp³-hybridized carbons (Fsp3) is 0.